The van der Waals surface area contributed by atoms with Crippen LogP contribution in [0.15, 0.2) is 24.3 Å². The molecule has 1 atom stereocenters. The van der Waals surface area contributed by atoms with E-state index >= 15 is 0 Å². The highest BCUT2D eigenvalue weighted by Crippen LogP contribution is 2.32. The molecular weight excluding hydrogens is 256 g/mol. The molecule has 1 unspecified atom stereocenters. The summed E-state index contributed by atoms with van der Waals surface area (Å²) in [7, 11) is 0. The highest BCUT2D eigenvalue weighted by Gasteiger charge is 2.31. The van der Waals surface area contributed by atoms with Crippen LogP contribution in [0.4, 0.5) is 0 Å². The molecule has 0 saturated carbocycles. The second-order valence-corrected chi connectivity index (χ2v) is 6.89. The van der Waals surface area contributed by atoms with Gasteiger partial charge in [0.2, 0.25) is 0 Å². The van der Waals surface area contributed by atoms with Gasteiger partial charge in [0.15, 0.2) is 0 Å². The lowest BCUT2D eigenvalue weighted by Gasteiger charge is -2.33. The van der Waals surface area contributed by atoms with E-state index < -0.39 is 5.60 Å². The molecule has 1 aromatic rings. The maximum atomic E-state index is 10.8. The van der Waals surface area contributed by atoms with Crippen molar-refractivity contribution in [2.75, 3.05) is 0 Å². The SMILES string of the molecule is CCCCCCCCCCC1(O)CCc2ccccc2C1. The van der Waals surface area contributed by atoms with Crippen LogP contribution >= 0.6 is 0 Å². The summed E-state index contributed by atoms with van der Waals surface area (Å²) in [4.78, 5) is 0. The van der Waals surface area contributed by atoms with Gasteiger partial charge in [-0.3, -0.25) is 0 Å². The normalized spacial score (nSPS) is 21.2. The number of hydrogen-bond acceptors (Lipinski definition) is 1. The topological polar surface area (TPSA) is 20.2 Å². The van der Waals surface area contributed by atoms with E-state index in [1.165, 1.54) is 62.5 Å². The lowest BCUT2D eigenvalue weighted by atomic mass is 9.78. The largest absolute Gasteiger partial charge is 0.390 e. The lowest BCUT2D eigenvalue weighted by molar-refractivity contribution is 0.0154. The number of unbranched alkanes of at least 4 members (excludes halogenated alkanes) is 7. The summed E-state index contributed by atoms with van der Waals surface area (Å²) >= 11 is 0. The molecule has 0 bridgehead atoms. The van der Waals surface area contributed by atoms with Crippen molar-refractivity contribution in [3.05, 3.63) is 35.4 Å². The summed E-state index contributed by atoms with van der Waals surface area (Å²) in [5.74, 6) is 0. The van der Waals surface area contributed by atoms with Crippen LogP contribution < -0.4 is 0 Å². The molecule has 0 heterocycles. The van der Waals surface area contributed by atoms with E-state index in [9.17, 15) is 5.11 Å². The molecule has 0 radical (unpaired) electrons. The van der Waals surface area contributed by atoms with Gasteiger partial charge in [-0.25, -0.2) is 0 Å². The first-order valence-corrected chi connectivity index (χ1v) is 9.03. The number of fused-ring (bicyclic) bond motifs is 1. The first-order chi connectivity index (χ1) is 10.2. The highest BCUT2D eigenvalue weighted by molar-refractivity contribution is 5.31. The Morgan fingerprint density at radius 1 is 0.905 bits per heavy atom. The van der Waals surface area contributed by atoms with E-state index in [1.54, 1.807) is 0 Å². The van der Waals surface area contributed by atoms with Crippen LogP contribution in [0.25, 0.3) is 0 Å². The van der Waals surface area contributed by atoms with Gasteiger partial charge < -0.3 is 5.11 Å². The standard InChI is InChI=1S/C20H32O/c1-2-3-4-5-6-7-8-11-15-20(21)16-14-18-12-9-10-13-19(18)17-20/h9-10,12-13,21H,2-8,11,14-17H2,1H3. The highest BCUT2D eigenvalue weighted by atomic mass is 16.3. The van der Waals surface area contributed by atoms with E-state index in [0.29, 0.717) is 0 Å². The summed E-state index contributed by atoms with van der Waals surface area (Å²) in [6.45, 7) is 2.27. The van der Waals surface area contributed by atoms with E-state index in [-0.39, 0.29) is 0 Å². The van der Waals surface area contributed by atoms with Gasteiger partial charge in [-0.15, -0.1) is 0 Å². The van der Waals surface area contributed by atoms with Crippen LogP contribution in [-0.4, -0.2) is 10.7 Å². The lowest BCUT2D eigenvalue weighted by Crippen LogP contribution is -2.35. The van der Waals surface area contributed by atoms with E-state index in [2.05, 4.69) is 31.2 Å². The maximum Gasteiger partial charge on any atom is 0.0691 e. The smallest absolute Gasteiger partial charge is 0.0691 e. The van der Waals surface area contributed by atoms with Crippen LogP contribution in [0.3, 0.4) is 0 Å². The third kappa shape index (κ3) is 5.47. The number of aryl methyl sites for hydroxylation is 1. The van der Waals surface area contributed by atoms with Crippen molar-refractivity contribution >= 4 is 0 Å². The summed E-state index contributed by atoms with van der Waals surface area (Å²) < 4.78 is 0. The van der Waals surface area contributed by atoms with Crippen molar-refractivity contribution in [1.29, 1.82) is 0 Å². The van der Waals surface area contributed by atoms with E-state index in [0.717, 1.165) is 25.7 Å². The average molecular weight is 288 g/mol. The molecule has 118 valence electrons. The second kappa shape index (κ2) is 8.58. The number of hydrogen-bond donors (Lipinski definition) is 1. The fraction of sp³-hybridized carbons (Fsp3) is 0.700. The summed E-state index contributed by atoms with van der Waals surface area (Å²) in [6.07, 6.45) is 14.5. The fourth-order valence-corrected chi connectivity index (χ4v) is 3.59. The number of benzene rings is 1. The van der Waals surface area contributed by atoms with Crippen molar-refractivity contribution in [2.24, 2.45) is 0 Å². The minimum atomic E-state index is -0.434. The van der Waals surface area contributed by atoms with Crippen molar-refractivity contribution in [1.82, 2.24) is 0 Å². The molecule has 0 spiro atoms. The minimum Gasteiger partial charge on any atom is -0.390 e. The van der Waals surface area contributed by atoms with Crippen molar-refractivity contribution in [3.8, 4) is 0 Å². The maximum absolute atomic E-state index is 10.8. The Morgan fingerprint density at radius 2 is 1.52 bits per heavy atom. The monoisotopic (exact) mass is 288 g/mol. The number of aliphatic hydroxyl groups is 1. The van der Waals surface area contributed by atoms with Gasteiger partial charge in [0, 0.05) is 6.42 Å². The van der Waals surface area contributed by atoms with Gasteiger partial charge >= 0.3 is 0 Å². The van der Waals surface area contributed by atoms with Gasteiger partial charge in [0.05, 0.1) is 5.60 Å². The molecule has 1 aliphatic rings. The van der Waals surface area contributed by atoms with Gasteiger partial charge in [-0.2, -0.15) is 0 Å². The first-order valence-electron chi connectivity index (χ1n) is 9.03. The zero-order valence-electron chi connectivity index (χ0n) is 13.7. The molecule has 0 aromatic heterocycles. The predicted octanol–water partition coefficient (Wildman–Crippen LogP) is 5.44. The Hall–Kier alpha value is -0.820. The molecule has 1 nitrogen and oxygen atoms in total. The molecule has 2 rings (SSSR count). The zero-order valence-corrected chi connectivity index (χ0v) is 13.7. The zero-order chi connectivity index (χ0) is 15.0. The predicted molar refractivity (Wildman–Crippen MR) is 90.6 cm³/mol. The molecule has 1 aromatic carbocycles. The van der Waals surface area contributed by atoms with Crippen LogP contribution in [0.5, 0.6) is 0 Å². The van der Waals surface area contributed by atoms with Gasteiger partial charge in [-0.1, -0.05) is 82.6 Å². The fourth-order valence-electron chi connectivity index (χ4n) is 3.59. The first kappa shape index (κ1) is 16.5. The molecule has 1 N–H and O–H groups in total. The Bertz CT molecular complexity index is 412. The molecular formula is C20H32O. The minimum absolute atomic E-state index is 0.434. The molecule has 1 heteroatoms. The molecule has 0 amide bonds. The van der Waals surface area contributed by atoms with Gasteiger partial charge in [0.25, 0.3) is 0 Å². The van der Waals surface area contributed by atoms with Crippen molar-refractivity contribution < 1.29 is 5.11 Å². The third-order valence-corrected chi connectivity index (χ3v) is 4.99. The van der Waals surface area contributed by atoms with Crippen molar-refractivity contribution in [3.63, 3.8) is 0 Å². The Kier molecular flexibility index (Phi) is 6.76. The van der Waals surface area contributed by atoms with Gasteiger partial charge in [0.1, 0.15) is 0 Å². The van der Waals surface area contributed by atoms with Gasteiger partial charge in [-0.05, 0) is 30.4 Å². The van der Waals surface area contributed by atoms with Crippen LogP contribution in [0.1, 0.15) is 82.3 Å². The number of rotatable bonds is 9. The molecule has 21 heavy (non-hydrogen) atoms. The molecule has 0 saturated heterocycles. The second-order valence-electron chi connectivity index (χ2n) is 6.89. The average Bonchev–Trinajstić information content (AvgIpc) is 2.50. The Labute approximate surface area is 130 Å². The Morgan fingerprint density at radius 3 is 2.24 bits per heavy atom. The summed E-state index contributed by atoms with van der Waals surface area (Å²) in [5.41, 5.74) is 2.38. The molecule has 1 aliphatic carbocycles. The molecule has 0 aliphatic heterocycles. The summed E-state index contributed by atoms with van der Waals surface area (Å²) in [6, 6.07) is 8.61. The Balaban J connectivity index is 1.63. The third-order valence-electron chi connectivity index (χ3n) is 4.99. The quantitative estimate of drug-likeness (QED) is 0.600. The van der Waals surface area contributed by atoms with E-state index in [1.807, 2.05) is 0 Å². The van der Waals surface area contributed by atoms with E-state index in [4.69, 9.17) is 0 Å². The summed E-state index contributed by atoms with van der Waals surface area (Å²) in [5, 5.41) is 10.8. The van der Waals surface area contributed by atoms with Crippen molar-refractivity contribution in [2.45, 2.75) is 89.6 Å². The van der Waals surface area contributed by atoms with Crippen LogP contribution in [0, 0.1) is 0 Å². The molecule has 0 fully saturated rings. The van der Waals surface area contributed by atoms with Crippen LogP contribution in [-0.2, 0) is 12.8 Å². The van der Waals surface area contributed by atoms with Crippen LogP contribution in [0.2, 0.25) is 0 Å².